The normalized spacial score (nSPS) is 22.5. The highest BCUT2D eigenvalue weighted by molar-refractivity contribution is 9.12. The van der Waals surface area contributed by atoms with Crippen LogP contribution in [0.25, 0.3) is 0 Å². The van der Waals surface area contributed by atoms with Crippen molar-refractivity contribution in [3.8, 4) is 0 Å². The monoisotopic (exact) mass is 465 g/mol. The van der Waals surface area contributed by atoms with Crippen LogP contribution in [0.3, 0.4) is 0 Å². The third kappa shape index (κ3) is 3.24. The molecule has 0 spiro atoms. The van der Waals surface area contributed by atoms with Crippen molar-refractivity contribution >= 4 is 37.8 Å². The summed E-state index contributed by atoms with van der Waals surface area (Å²) in [5.74, 6) is -0.876. The van der Waals surface area contributed by atoms with Gasteiger partial charge in [0.2, 0.25) is 13.5 Å². The average Bonchev–Trinajstić information content (AvgIpc) is 2.64. The minimum atomic E-state index is -4.14. The highest BCUT2D eigenvalue weighted by Crippen LogP contribution is 2.54. The van der Waals surface area contributed by atoms with Crippen molar-refractivity contribution in [2.45, 2.75) is 41.0 Å². The van der Waals surface area contributed by atoms with Gasteiger partial charge in [-0.05, 0) is 38.5 Å². The average molecular weight is 466 g/mol. The van der Waals surface area contributed by atoms with E-state index in [-0.39, 0.29) is 4.90 Å². The molecule has 1 aliphatic heterocycles. The van der Waals surface area contributed by atoms with Crippen LogP contribution < -0.4 is 0 Å². The topological polar surface area (TPSA) is 80.8 Å². The first-order valence-corrected chi connectivity index (χ1v) is 10.9. The molecule has 8 heteroatoms. The van der Waals surface area contributed by atoms with Crippen LogP contribution in [0.1, 0.15) is 32.4 Å². The Morgan fingerprint density at radius 3 is 2.04 bits per heavy atom. The standard InChI is InChI=1S/C20H20BrNO5S/c1-19(2,3)27-18(24)22-16(14-10-6-4-7-11-14)20(21,17(22)23)28(25,26)15-12-8-5-9-13-15/h4-13,16H,1-3H3/t16-,20+/m0/s1. The van der Waals surface area contributed by atoms with Crippen molar-refractivity contribution in [2.75, 3.05) is 0 Å². The highest BCUT2D eigenvalue weighted by Gasteiger charge is 2.70. The van der Waals surface area contributed by atoms with E-state index in [4.69, 9.17) is 4.74 Å². The molecule has 148 valence electrons. The number of carbonyl (C=O) groups excluding carboxylic acids is 2. The van der Waals surface area contributed by atoms with Crippen molar-refractivity contribution < 1.29 is 22.7 Å². The second-order valence-corrected chi connectivity index (χ2v) is 11.3. The Bertz CT molecular complexity index is 1000. The van der Waals surface area contributed by atoms with Crippen LogP contribution in [-0.2, 0) is 19.4 Å². The summed E-state index contributed by atoms with van der Waals surface area (Å²) in [6.45, 7) is 5.03. The minimum absolute atomic E-state index is 0.00926. The zero-order valence-corrected chi connectivity index (χ0v) is 18.0. The smallest absolute Gasteiger partial charge is 0.417 e. The number of benzene rings is 2. The number of nitrogens with zero attached hydrogens (tertiary/aromatic N) is 1. The summed E-state index contributed by atoms with van der Waals surface area (Å²) < 4.78 is 30.0. The number of carbonyl (C=O) groups is 2. The quantitative estimate of drug-likeness (QED) is 0.503. The summed E-state index contributed by atoms with van der Waals surface area (Å²) in [6.07, 6.45) is -0.885. The van der Waals surface area contributed by atoms with E-state index in [1.54, 1.807) is 69.3 Å². The van der Waals surface area contributed by atoms with Crippen LogP contribution in [0.2, 0.25) is 0 Å². The van der Waals surface area contributed by atoms with E-state index in [0.717, 1.165) is 4.90 Å². The Balaban J connectivity index is 2.11. The largest absolute Gasteiger partial charge is 0.443 e. The number of β-lactam (4-membered cyclic amide) rings is 1. The van der Waals surface area contributed by atoms with Crippen molar-refractivity contribution in [2.24, 2.45) is 0 Å². The molecule has 0 bridgehead atoms. The SMILES string of the molecule is CC(C)(C)OC(=O)N1C(=O)[C@](Br)(S(=O)(=O)c2ccccc2)[C@@H]1c1ccccc1. The summed E-state index contributed by atoms with van der Waals surface area (Å²) in [6, 6.07) is 15.2. The molecule has 0 saturated carbocycles. The van der Waals surface area contributed by atoms with Gasteiger partial charge in [-0.3, -0.25) is 4.79 Å². The molecule has 2 aromatic rings. The first kappa shape index (κ1) is 20.5. The number of halogens is 1. The van der Waals surface area contributed by atoms with Crippen LogP contribution in [0.4, 0.5) is 4.79 Å². The maximum atomic E-state index is 13.3. The van der Waals surface area contributed by atoms with Gasteiger partial charge in [-0.25, -0.2) is 18.1 Å². The van der Waals surface area contributed by atoms with Gasteiger partial charge >= 0.3 is 6.09 Å². The Labute approximate surface area is 172 Å². The van der Waals surface area contributed by atoms with E-state index >= 15 is 0 Å². The molecule has 0 aromatic heterocycles. The van der Waals surface area contributed by atoms with E-state index in [9.17, 15) is 18.0 Å². The molecule has 0 aliphatic carbocycles. The molecule has 28 heavy (non-hydrogen) atoms. The number of amides is 2. The van der Waals surface area contributed by atoms with Crippen molar-refractivity contribution in [1.82, 2.24) is 4.90 Å². The zero-order chi connectivity index (χ0) is 20.7. The lowest BCUT2D eigenvalue weighted by Crippen LogP contribution is -2.70. The summed E-state index contributed by atoms with van der Waals surface area (Å²) in [4.78, 5) is 26.5. The molecular weight excluding hydrogens is 446 g/mol. The summed E-state index contributed by atoms with van der Waals surface area (Å²) in [5.41, 5.74) is -0.328. The van der Waals surface area contributed by atoms with Crippen molar-refractivity contribution in [1.29, 1.82) is 0 Å². The predicted octanol–water partition coefficient (Wildman–Crippen LogP) is 4.07. The molecule has 2 aromatic carbocycles. The molecule has 6 nitrogen and oxygen atoms in total. The van der Waals surface area contributed by atoms with Gasteiger partial charge in [0.25, 0.3) is 5.91 Å². The highest BCUT2D eigenvalue weighted by atomic mass is 79.9. The molecule has 0 N–H and O–H groups in total. The first-order chi connectivity index (χ1) is 13.0. The zero-order valence-electron chi connectivity index (χ0n) is 15.6. The van der Waals surface area contributed by atoms with Crippen LogP contribution in [0.15, 0.2) is 65.6 Å². The molecule has 2 amide bonds. The van der Waals surface area contributed by atoms with E-state index in [0.29, 0.717) is 5.56 Å². The Kier molecular flexibility index (Phi) is 5.14. The van der Waals surface area contributed by atoms with Gasteiger partial charge in [0.05, 0.1) is 4.90 Å². The van der Waals surface area contributed by atoms with Crippen LogP contribution in [0.5, 0.6) is 0 Å². The number of hydrogen-bond donors (Lipinski definition) is 0. The van der Waals surface area contributed by atoms with Crippen molar-refractivity contribution in [3.05, 3.63) is 66.2 Å². The lowest BCUT2D eigenvalue weighted by molar-refractivity contribution is -0.145. The Hall–Kier alpha value is -2.19. The van der Waals surface area contributed by atoms with Gasteiger partial charge in [-0.2, -0.15) is 0 Å². The van der Waals surface area contributed by atoms with Crippen molar-refractivity contribution in [3.63, 3.8) is 0 Å². The fourth-order valence-corrected chi connectivity index (χ4v) is 5.97. The molecule has 3 rings (SSSR count). The predicted molar refractivity (Wildman–Crippen MR) is 108 cm³/mol. The lowest BCUT2D eigenvalue weighted by atomic mass is 9.93. The maximum absolute atomic E-state index is 13.3. The molecular formula is C20H20BrNO5S. The number of likely N-dealkylation sites (tertiary alicyclic amines) is 1. The number of alkyl halides is 1. The second kappa shape index (κ2) is 7.00. The third-order valence-electron chi connectivity index (χ3n) is 4.27. The summed E-state index contributed by atoms with van der Waals surface area (Å²) in [7, 11) is -4.14. The molecule has 1 heterocycles. The Morgan fingerprint density at radius 2 is 1.54 bits per heavy atom. The number of sulfone groups is 1. The summed E-state index contributed by atoms with van der Waals surface area (Å²) in [5, 5.41) is 0. The van der Waals surface area contributed by atoms with E-state index in [1.807, 2.05) is 0 Å². The van der Waals surface area contributed by atoms with Gasteiger partial charge in [-0.15, -0.1) is 0 Å². The first-order valence-electron chi connectivity index (χ1n) is 8.60. The third-order valence-corrected chi connectivity index (χ3v) is 8.39. The fourth-order valence-electron chi connectivity index (χ4n) is 3.03. The second-order valence-electron chi connectivity index (χ2n) is 7.43. The maximum Gasteiger partial charge on any atom is 0.417 e. The van der Waals surface area contributed by atoms with Gasteiger partial charge in [0, 0.05) is 0 Å². The Morgan fingerprint density at radius 1 is 1.04 bits per heavy atom. The number of imide groups is 1. The molecule has 0 unspecified atom stereocenters. The van der Waals surface area contributed by atoms with Crippen LogP contribution in [-0.4, -0.2) is 34.6 Å². The minimum Gasteiger partial charge on any atom is -0.443 e. The van der Waals surface area contributed by atoms with Gasteiger partial charge < -0.3 is 4.74 Å². The van der Waals surface area contributed by atoms with Gasteiger partial charge in [0.1, 0.15) is 11.6 Å². The summed E-state index contributed by atoms with van der Waals surface area (Å²) >= 11 is 3.20. The molecule has 0 radical (unpaired) electrons. The van der Waals surface area contributed by atoms with Gasteiger partial charge in [-0.1, -0.05) is 64.5 Å². The lowest BCUT2D eigenvalue weighted by Gasteiger charge is -2.50. The van der Waals surface area contributed by atoms with Gasteiger partial charge in [0.15, 0.2) is 0 Å². The molecule has 1 saturated heterocycles. The van der Waals surface area contributed by atoms with E-state index in [2.05, 4.69) is 15.9 Å². The number of rotatable bonds is 3. The van der Waals surface area contributed by atoms with E-state index < -0.39 is 37.1 Å². The number of hydrogen-bond acceptors (Lipinski definition) is 5. The van der Waals surface area contributed by atoms with Crippen LogP contribution in [0, 0.1) is 0 Å². The molecule has 1 fully saturated rings. The molecule has 1 aliphatic rings. The van der Waals surface area contributed by atoms with Crippen LogP contribution >= 0.6 is 15.9 Å². The van der Waals surface area contributed by atoms with E-state index in [1.165, 1.54) is 12.1 Å². The number of ether oxygens (including phenoxy) is 1. The fraction of sp³-hybridized carbons (Fsp3) is 0.300. The molecule has 2 atom stereocenters.